The molecule has 1 aliphatic heterocycles. The molecule has 1 saturated heterocycles. The van der Waals surface area contributed by atoms with Gasteiger partial charge in [-0.3, -0.25) is 9.69 Å². The van der Waals surface area contributed by atoms with Crippen LogP contribution in [0.3, 0.4) is 0 Å². The first-order valence-electron chi connectivity index (χ1n) is 11.0. The van der Waals surface area contributed by atoms with Crippen molar-refractivity contribution in [2.24, 2.45) is 17.8 Å². The average Bonchev–Trinajstić information content (AvgIpc) is 3.31. The van der Waals surface area contributed by atoms with Gasteiger partial charge in [0, 0.05) is 23.8 Å². The number of benzene rings is 2. The minimum atomic E-state index is -0.244. The first-order chi connectivity index (χ1) is 15.0. The fraction of sp³-hybridized carbons (Fsp3) is 0.417. The molecule has 1 aliphatic carbocycles. The van der Waals surface area contributed by atoms with Crippen LogP contribution in [0.5, 0.6) is 0 Å². The molecule has 0 radical (unpaired) electrons. The number of imidazole rings is 1. The maximum absolute atomic E-state index is 12.7. The minimum absolute atomic E-state index is 0.00914. The van der Waals surface area contributed by atoms with Gasteiger partial charge in [-0.15, -0.1) is 0 Å². The number of carbonyl (C=O) groups is 1. The Morgan fingerprint density at radius 2 is 1.87 bits per heavy atom. The van der Waals surface area contributed by atoms with E-state index in [1.165, 1.54) is 24.8 Å². The number of aromatic nitrogens is 2. The Hall–Kier alpha value is -2.57. The highest BCUT2D eigenvalue weighted by atomic mass is 35.5. The number of carbonyl (C=O) groups excluding carboxylic acids is 1. The Bertz CT molecular complexity index is 1140. The summed E-state index contributed by atoms with van der Waals surface area (Å²) >= 11 is 6.04. The summed E-state index contributed by atoms with van der Waals surface area (Å²) in [6, 6.07) is 13.6. The van der Waals surface area contributed by atoms with Crippen molar-refractivity contribution in [1.82, 2.24) is 14.9 Å². The maximum Gasteiger partial charge on any atom is 0.323 e. The predicted molar refractivity (Wildman–Crippen MR) is 123 cm³/mol. The second-order valence-electron chi connectivity index (χ2n) is 9.03. The summed E-state index contributed by atoms with van der Waals surface area (Å²) in [7, 11) is 0. The number of nitrogens with one attached hydrogen (secondary N) is 3. The van der Waals surface area contributed by atoms with Crippen molar-refractivity contribution in [3.05, 3.63) is 63.5 Å². The predicted octanol–water partition coefficient (Wildman–Crippen LogP) is 4.04. The lowest BCUT2D eigenvalue weighted by Crippen LogP contribution is -2.32. The fourth-order valence-corrected chi connectivity index (χ4v) is 5.63. The van der Waals surface area contributed by atoms with Crippen molar-refractivity contribution < 1.29 is 4.79 Å². The minimum Gasteiger partial charge on any atom is -0.325 e. The lowest BCUT2D eigenvalue weighted by atomic mass is 9.71. The van der Waals surface area contributed by atoms with Crippen LogP contribution in [-0.4, -0.2) is 40.4 Å². The van der Waals surface area contributed by atoms with Gasteiger partial charge >= 0.3 is 5.69 Å². The summed E-state index contributed by atoms with van der Waals surface area (Å²) in [5.74, 6) is 1.99. The zero-order valence-electron chi connectivity index (χ0n) is 17.4. The van der Waals surface area contributed by atoms with Gasteiger partial charge in [0.1, 0.15) is 0 Å². The van der Waals surface area contributed by atoms with Crippen LogP contribution in [0.2, 0.25) is 5.02 Å². The summed E-state index contributed by atoms with van der Waals surface area (Å²) in [5, 5.41) is 3.76. The smallest absolute Gasteiger partial charge is 0.323 e. The molecule has 2 heterocycles. The van der Waals surface area contributed by atoms with E-state index in [4.69, 9.17) is 11.6 Å². The third-order valence-electron chi connectivity index (χ3n) is 6.90. The van der Waals surface area contributed by atoms with E-state index in [1.54, 1.807) is 12.1 Å². The highest BCUT2D eigenvalue weighted by molar-refractivity contribution is 6.30. The molecule has 3 aromatic rings. The van der Waals surface area contributed by atoms with Crippen molar-refractivity contribution in [1.29, 1.82) is 0 Å². The van der Waals surface area contributed by atoms with Crippen LogP contribution < -0.4 is 11.0 Å². The van der Waals surface area contributed by atoms with E-state index in [9.17, 15) is 9.59 Å². The van der Waals surface area contributed by atoms with Crippen LogP contribution in [-0.2, 0) is 11.2 Å². The zero-order chi connectivity index (χ0) is 21.4. The first-order valence-corrected chi connectivity index (χ1v) is 11.4. The largest absolute Gasteiger partial charge is 0.325 e. The SMILES string of the molecule is O=C(CN1C[C@H]2CCC[C@H](Cc3ccc(Cl)cc3)[C@H]2C1)Nc1ccc2[nH]c(=O)[nH]c2c1. The summed E-state index contributed by atoms with van der Waals surface area (Å²) in [5.41, 5.74) is 3.24. The van der Waals surface area contributed by atoms with Crippen molar-refractivity contribution in [2.75, 3.05) is 25.0 Å². The molecule has 162 valence electrons. The number of likely N-dealkylation sites (tertiary alicyclic amines) is 1. The van der Waals surface area contributed by atoms with Crippen molar-refractivity contribution in [2.45, 2.75) is 25.7 Å². The number of hydrogen-bond acceptors (Lipinski definition) is 3. The van der Waals surface area contributed by atoms with Gasteiger partial charge in [0.2, 0.25) is 5.91 Å². The Labute approximate surface area is 186 Å². The van der Waals surface area contributed by atoms with E-state index in [-0.39, 0.29) is 11.6 Å². The molecule has 7 heteroatoms. The third-order valence-corrected chi connectivity index (χ3v) is 7.15. The zero-order valence-corrected chi connectivity index (χ0v) is 18.1. The molecule has 5 rings (SSSR count). The summed E-state index contributed by atoms with van der Waals surface area (Å²) in [6.45, 7) is 2.39. The Morgan fingerprint density at radius 3 is 2.71 bits per heavy atom. The molecular formula is C24H27ClN4O2. The average molecular weight is 439 g/mol. The Morgan fingerprint density at radius 1 is 1.06 bits per heavy atom. The highest BCUT2D eigenvalue weighted by Crippen LogP contribution is 2.41. The molecule has 6 nitrogen and oxygen atoms in total. The summed E-state index contributed by atoms with van der Waals surface area (Å²) < 4.78 is 0. The van der Waals surface area contributed by atoms with Crippen LogP contribution in [0.15, 0.2) is 47.3 Å². The first kappa shape index (κ1) is 20.3. The molecule has 31 heavy (non-hydrogen) atoms. The van der Waals surface area contributed by atoms with E-state index >= 15 is 0 Å². The molecule has 2 aromatic carbocycles. The van der Waals surface area contributed by atoms with Crippen LogP contribution in [0.4, 0.5) is 5.69 Å². The van der Waals surface area contributed by atoms with Gasteiger partial charge in [-0.2, -0.15) is 0 Å². The number of anilines is 1. The van der Waals surface area contributed by atoms with E-state index in [0.717, 1.165) is 30.0 Å². The number of halogens is 1. The molecule has 1 saturated carbocycles. The monoisotopic (exact) mass is 438 g/mol. The van der Waals surface area contributed by atoms with Crippen LogP contribution in [0.25, 0.3) is 11.0 Å². The molecule has 1 aromatic heterocycles. The number of amides is 1. The van der Waals surface area contributed by atoms with Gasteiger partial charge in [-0.25, -0.2) is 4.79 Å². The Kier molecular flexibility index (Phi) is 5.59. The molecule has 0 spiro atoms. The van der Waals surface area contributed by atoms with E-state index < -0.39 is 0 Å². The highest BCUT2D eigenvalue weighted by Gasteiger charge is 2.40. The van der Waals surface area contributed by atoms with E-state index in [2.05, 4.69) is 32.3 Å². The molecule has 3 N–H and O–H groups in total. The normalized spacial score (nSPS) is 23.7. The third kappa shape index (κ3) is 4.55. The number of hydrogen-bond donors (Lipinski definition) is 3. The molecule has 0 bridgehead atoms. The quantitative estimate of drug-likeness (QED) is 0.562. The summed E-state index contributed by atoms with van der Waals surface area (Å²) in [4.78, 5) is 31.8. The number of aromatic amines is 2. The van der Waals surface area contributed by atoms with Gasteiger partial charge in [0.25, 0.3) is 0 Å². The van der Waals surface area contributed by atoms with Gasteiger partial charge < -0.3 is 15.3 Å². The van der Waals surface area contributed by atoms with Crippen molar-refractivity contribution in [3.8, 4) is 0 Å². The van der Waals surface area contributed by atoms with Gasteiger partial charge in [0.15, 0.2) is 0 Å². The van der Waals surface area contributed by atoms with E-state index in [0.29, 0.717) is 35.5 Å². The second-order valence-corrected chi connectivity index (χ2v) is 9.46. The van der Waals surface area contributed by atoms with E-state index in [1.807, 2.05) is 18.2 Å². The number of H-pyrrole nitrogens is 2. The molecule has 3 atom stereocenters. The van der Waals surface area contributed by atoms with Gasteiger partial charge in [0.05, 0.1) is 17.6 Å². The standard InChI is InChI=1S/C24H27ClN4O2/c25-18-6-4-15(5-7-18)10-16-2-1-3-17-12-29(13-20(16)17)14-23(30)26-19-8-9-21-22(11-19)28-24(31)27-21/h4-9,11,16-17,20H,1-3,10,12-14H2,(H,26,30)(H2,27,28,31)/t16-,17-,20-/m1/s1. The number of rotatable bonds is 5. The number of nitrogens with zero attached hydrogens (tertiary/aromatic N) is 1. The topological polar surface area (TPSA) is 81.0 Å². The molecule has 1 amide bonds. The second kappa shape index (κ2) is 8.52. The lowest BCUT2D eigenvalue weighted by molar-refractivity contribution is -0.117. The lowest BCUT2D eigenvalue weighted by Gasteiger charge is -2.33. The van der Waals surface area contributed by atoms with Crippen molar-refractivity contribution in [3.63, 3.8) is 0 Å². The number of fused-ring (bicyclic) bond motifs is 2. The Balaban J connectivity index is 1.20. The molecule has 2 fully saturated rings. The molecule has 2 aliphatic rings. The van der Waals surface area contributed by atoms with Gasteiger partial charge in [-0.1, -0.05) is 30.2 Å². The fourth-order valence-electron chi connectivity index (χ4n) is 5.50. The van der Waals surface area contributed by atoms with Gasteiger partial charge in [-0.05, 0) is 72.9 Å². The maximum atomic E-state index is 12.7. The van der Waals surface area contributed by atoms with Crippen LogP contribution >= 0.6 is 11.6 Å². The molecule has 0 unspecified atom stereocenters. The summed E-state index contributed by atoms with van der Waals surface area (Å²) in [6.07, 6.45) is 4.89. The van der Waals surface area contributed by atoms with Crippen molar-refractivity contribution >= 4 is 34.2 Å². The molecular weight excluding hydrogens is 412 g/mol. The van der Waals surface area contributed by atoms with Crippen LogP contribution in [0.1, 0.15) is 24.8 Å². The van der Waals surface area contributed by atoms with Crippen LogP contribution in [0, 0.1) is 17.8 Å².